The number of benzene rings is 2. The highest BCUT2D eigenvalue weighted by atomic mass is 16.5. The molecule has 8 rings (SSSR count). The molecule has 4 aliphatic heterocycles. The van der Waals surface area contributed by atoms with Crippen molar-refractivity contribution in [3.8, 4) is 17.1 Å². The first-order chi connectivity index (χ1) is 23.4. The van der Waals surface area contributed by atoms with Gasteiger partial charge in [0.25, 0.3) is 0 Å². The van der Waals surface area contributed by atoms with E-state index in [0.29, 0.717) is 50.9 Å². The quantitative estimate of drug-likeness (QED) is 0.300. The van der Waals surface area contributed by atoms with Crippen molar-refractivity contribution >= 4 is 28.9 Å². The Balaban J connectivity index is 0.881. The predicted octanol–water partition coefficient (Wildman–Crippen LogP) is 3.98. The van der Waals surface area contributed by atoms with Crippen LogP contribution in [0.1, 0.15) is 41.6 Å². The summed E-state index contributed by atoms with van der Waals surface area (Å²) in [6.45, 7) is 4.16. The first-order valence-corrected chi connectivity index (χ1v) is 16.6. The molecule has 0 bridgehead atoms. The van der Waals surface area contributed by atoms with Gasteiger partial charge in [-0.05, 0) is 67.3 Å². The van der Waals surface area contributed by atoms with Gasteiger partial charge in [-0.15, -0.1) is 0 Å². The SMILES string of the molecule is COc1ccc(C2=NCc3ccc(N4CC[C@]5(CCN(CC(=O)N6CC=C(c7ccc(-c8ncn(C)n8)cc7)CC6)C5)C4=O)nc32)cc1. The predicted molar refractivity (Wildman–Crippen MR) is 183 cm³/mol. The third-order valence-corrected chi connectivity index (χ3v) is 10.2. The molecule has 11 nitrogen and oxygen atoms in total. The number of pyridine rings is 1. The third-order valence-electron chi connectivity index (χ3n) is 10.2. The molecule has 0 N–H and O–H groups in total. The van der Waals surface area contributed by atoms with Crippen molar-refractivity contribution in [1.82, 2.24) is 29.5 Å². The van der Waals surface area contributed by atoms with Crippen molar-refractivity contribution in [1.29, 1.82) is 0 Å². The van der Waals surface area contributed by atoms with Gasteiger partial charge in [-0.1, -0.05) is 36.4 Å². The lowest BCUT2D eigenvalue weighted by Crippen LogP contribution is -2.43. The number of carbonyl (C=O) groups is 2. The number of hydrogen-bond acceptors (Lipinski definition) is 8. The van der Waals surface area contributed by atoms with E-state index < -0.39 is 5.41 Å². The molecular weight excluding hydrogens is 604 g/mol. The van der Waals surface area contributed by atoms with E-state index >= 15 is 0 Å². The van der Waals surface area contributed by atoms with Crippen molar-refractivity contribution in [2.45, 2.75) is 25.8 Å². The third kappa shape index (κ3) is 5.47. The zero-order valence-corrected chi connectivity index (χ0v) is 27.3. The maximum atomic E-state index is 14.0. The number of anilines is 1. The summed E-state index contributed by atoms with van der Waals surface area (Å²) >= 11 is 0. The molecule has 2 fully saturated rings. The van der Waals surface area contributed by atoms with Gasteiger partial charge in [-0.3, -0.25) is 29.1 Å². The molecule has 0 unspecified atom stereocenters. The summed E-state index contributed by atoms with van der Waals surface area (Å²) in [5.41, 5.74) is 6.64. The molecule has 11 heteroatoms. The summed E-state index contributed by atoms with van der Waals surface area (Å²) in [5, 5.41) is 4.38. The fraction of sp³-hybridized carbons (Fsp3) is 0.351. The van der Waals surface area contributed by atoms with Crippen LogP contribution in [-0.2, 0) is 23.2 Å². The standard InChI is InChI=1S/C37H38N8O3/c1-42-24-39-35(41-42)28-5-3-25(4-6-28)26-13-17-44(18-14-26)32(46)22-43-19-15-37(23-43)16-20-45(36(37)47)31-12-9-29-21-38-33(34(29)40-31)27-7-10-30(48-2)11-8-27/h3-13,24H,14-23H2,1-2H3/t37-/m0/s1. The normalized spacial score (nSPS) is 20.8. The first-order valence-electron chi connectivity index (χ1n) is 16.6. The van der Waals surface area contributed by atoms with Crippen molar-refractivity contribution < 1.29 is 14.3 Å². The number of fused-ring (bicyclic) bond motifs is 1. The number of aromatic nitrogens is 4. The molecule has 4 aromatic rings. The van der Waals surface area contributed by atoms with E-state index in [-0.39, 0.29) is 11.8 Å². The van der Waals surface area contributed by atoms with E-state index in [9.17, 15) is 9.59 Å². The molecule has 1 spiro atoms. The Morgan fingerprint density at radius 2 is 1.71 bits per heavy atom. The van der Waals surface area contributed by atoms with Crippen LogP contribution in [0.2, 0.25) is 0 Å². The molecule has 0 aliphatic carbocycles. The zero-order chi connectivity index (χ0) is 32.8. The Bertz CT molecular complexity index is 1950. The number of rotatable bonds is 7. The number of aryl methyl sites for hydroxylation is 1. The summed E-state index contributed by atoms with van der Waals surface area (Å²) in [4.78, 5) is 47.3. The van der Waals surface area contributed by atoms with Crippen LogP contribution in [-0.4, -0.2) is 93.5 Å². The van der Waals surface area contributed by atoms with Crippen LogP contribution in [0.4, 0.5) is 5.82 Å². The van der Waals surface area contributed by atoms with E-state index in [0.717, 1.165) is 65.2 Å². The molecule has 2 saturated heterocycles. The molecule has 2 aromatic heterocycles. The van der Waals surface area contributed by atoms with Crippen LogP contribution in [0.15, 0.2) is 78.1 Å². The minimum Gasteiger partial charge on any atom is -0.497 e. The second-order valence-corrected chi connectivity index (χ2v) is 13.2. The fourth-order valence-corrected chi connectivity index (χ4v) is 7.44. The van der Waals surface area contributed by atoms with Gasteiger partial charge < -0.3 is 9.64 Å². The second kappa shape index (κ2) is 12.1. The van der Waals surface area contributed by atoms with Gasteiger partial charge in [0.15, 0.2) is 5.82 Å². The van der Waals surface area contributed by atoms with Crippen LogP contribution in [0.25, 0.3) is 17.0 Å². The molecule has 0 radical (unpaired) electrons. The molecule has 244 valence electrons. The number of ether oxygens (including phenoxy) is 1. The monoisotopic (exact) mass is 642 g/mol. The largest absolute Gasteiger partial charge is 0.497 e. The van der Waals surface area contributed by atoms with Gasteiger partial charge in [0.2, 0.25) is 11.8 Å². The van der Waals surface area contributed by atoms with Gasteiger partial charge in [-0.2, -0.15) is 5.10 Å². The fourth-order valence-electron chi connectivity index (χ4n) is 7.44. The summed E-state index contributed by atoms with van der Waals surface area (Å²) in [6.07, 6.45) is 6.19. The molecule has 2 amide bonds. The number of aliphatic imine (C=N–C) groups is 1. The number of hydrogen-bond donors (Lipinski definition) is 0. The lowest BCUT2D eigenvalue weighted by molar-refractivity contribution is -0.132. The lowest BCUT2D eigenvalue weighted by atomic mass is 9.85. The summed E-state index contributed by atoms with van der Waals surface area (Å²) in [6, 6.07) is 20.1. The number of methoxy groups -OCH3 is 1. The van der Waals surface area contributed by atoms with Gasteiger partial charge in [0, 0.05) is 49.9 Å². The second-order valence-electron chi connectivity index (χ2n) is 13.2. The van der Waals surface area contributed by atoms with E-state index in [4.69, 9.17) is 14.7 Å². The summed E-state index contributed by atoms with van der Waals surface area (Å²) in [5.74, 6) is 2.41. The molecular formula is C37H38N8O3. The van der Waals surface area contributed by atoms with E-state index in [1.54, 1.807) is 18.1 Å². The van der Waals surface area contributed by atoms with Crippen LogP contribution >= 0.6 is 0 Å². The molecule has 6 heterocycles. The van der Waals surface area contributed by atoms with Crippen LogP contribution in [0.5, 0.6) is 5.75 Å². The lowest BCUT2D eigenvalue weighted by Gasteiger charge is -2.29. The highest BCUT2D eigenvalue weighted by Gasteiger charge is 2.51. The average molecular weight is 643 g/mol. The number of likely N-dealkylation sites (tertiary alicyclic amines) is 1. The van der Waals surface area contributed by atoms with Crippen LogP contribution in [0, 0.1) is 5.41 Å². The van der Waals surface area contributed by atoms with Crippen molar-refractivity contribution in [3.63, 3.8) is 0 Å². The minimum atomic E-state index is -0.472. The van der Waals surface area contributed by atoms with Gasteiger partial charge in [0.1, 0.15) is 17.9 Å². The first kappa shape index (κ1) is 30.2. The molecule has 0 saturated carbocycles. The number of carbonyl (C=O) groups excluding carboxylic acids is 2. The average Bonchev–Trinajstić information content (AvgIpc) is 3.92. The maximum Gasteiger partial charge on any atom is 0.237 e. The van der Waals surface area contributed by atoms with E-state index in [2.05, 4.69) is 33.2 Å². The Morgan fingerprint density at radius 3 is 2.44 bits per heavy atom. The smallest absolute Gasteiger partial charge is 0.237 e. The van der Waals surface area contributed by atoms with E-state index in [1.807, 2.05) is 65.4 Å². The number of amides is 2. The molecule has 48 heavy (non-hydrogen) atoms. The Kier molecular flexibility index (Phi) is 7.63. The van der Waals surface area contributed by atoms with Crippen molar-refractivity contribution in [3.05, 3.63) is 95.5 Å². The Morgan fingerprint density at radius 1 is 0.938 bits per heavy atom. The number of nitrogens with zero attached hydrogens (tertiary/aromatic N) is 8. The van der Waals surface area contributed by atoms with Crippen LogP contribution < -0.4 is 9.64 Å². The molecule has 4 aliphatic rings. The summed E-state index contributed by atoms with van der Waals surface area (Å²) < 4.78 is 7.01. The topological polar surface area (TPSA) is 109 Å². The summed E-state index contributed by atoms with van der Waals surface area (Å²) in [7, 11) is 3.51. The molecule has 1 atom stereocenters. The highest BCUT2D eigenvalue weighted by molar-refractivity contribution is 6.14. The van der Waals surface area contributed by atoms with Gasteiger partial charge in [0.05, 0.1) is 37.0 Å². The molecule has 2 aromatic carbocycles. The van der Waals surface area contributed by atoms with Crippen molar-refractivity contribution in [2.75, 3.05) is 51.3 Å². The zero-order valence-electron chi connectivity index (χ0n) is 27.3. The van der Waals surface area contributed by atoms with E-state index in [1.165, 1.54) is 5.57 Å². The maximum absolute atomic E-state index is 14.0. The van der Waals surface area contributed by atoms with Crippen molar-refractivity contribution in [2.24, 2.45) is 17.5 Å². The van der Waals surface area contributed by atoms with Crippen LogP contribution in [0.3, 0.4) is 0 Å². The highest BCUT2D eigenvalue weighted by Crippen LogP contribution is 2.42. The Labute approximate surface area is 279 Å². The minimum absolute atomic E-state index is 0.112. The Hall–Kier alpha value is -5.16. The van der Waals surface area contributed by atoms with Gasteiger partial charge in [-0.25, -0.2) is 9.97 Å². The van der Waals surface area contributed by atoms with Gasteiger partial charge >= 0.3 is 0 Å².